The van der Waals surface area contributed by atoms with Crippen LogP contribution in [0.15, 0.2) is 54.6 Å². The fourth-order valence-corrected chi connectivity index (χ4v) is 3.41. The van der Waals surface area contributed by atoms with Crippen molar-refractivity contribution < 1.29 is 9.90 Å². The predicted octanol–water partition coefficient (Wildman–Crippen LogP) is 3.13. The van der Waals surface area contributed by atoms with Gasteiger partial charge in [0.1, 0.15) is 0 Å². The Bertz CT molecular complexity index is 654. The third-order valence-corrected chi connectivity index (χ3v) is 4.62. The summed E-state index contributed by atoms with van der Waals surface area (Å²) in [6, 6.07) is 18.4. The van der Waals surface area contributed by atoms with Crippen LogP contribution in [0, 0.1) is 0 Å². The molecule has 23 heavy (non-hydrogen) atoms. The van der Waals surface area contributed by atoms with Gasteiger partial charge in [0.2, 0.25) is 5.91 Å². The molecule has 0 radical (unpaired) electrons. The van der Waals surface area contributed by atoms with Gasteiger partial charge in [-0.15, -0.1) is 0 Å². The number of carbonyl (C=O) groups excluding carboxylic acids is 1. The second-order valence-electron chi connectivity index (χ2n) is 6.16. The summed E-state index contributed by atoms with van der Waals surface area (Å²) in [5, 5.41) is 9.29. The molecule has 0 bridgehead atoms. The molecule has 3 heteroatoms. The second kappa shape index (κ2) is 7.42. The Morgan fingerprint density at radius 2 is 1.83 bits per heavy atom. The summed E-state index contributed by atoms with van der Waals surface area (Å²) in [4.78, 5) is 14.5. The Labute approximate surface area is 137 Å². The van der Waals surface area contributed by atoms with E-state index in [0.29, 0.717) is 25.4 Å². The average Bonchev–Trinajstić information content (AvgIpc) is 2.99. The van der Waals surface area contributed by atoms with E-state index in [0.717, 1.165) is 18.4 Å². The maximum absolute atomic E-state index is 12.7. The van der Waals surface area contributed by atoms with E-state index in [1.54, 1.807) is 4.90 Å². The molecule has 0 saturated heterocycles. The van der Waals surface area contributed by atoms with Gasteiger partial charge in [-0.2, -0.15) is 0 Å². The van der Waals surface area contributed by atoms with Crippen LogP contribution in [0.4, 0.5) is 0 Å². The van der Waals surface area contributed by atoms with Crippen LogP contribution >= 0.6 is 0 Å². The van der Waals surface area contributed by atoms with Gasteiger partial charge >= 0.3 is 0 Å². The third kappa shape index (κ3) is 3.80. The topological polar surface area (TPSA) is 40.5 Å². The van der Waals surface area contributed by atoms with Gasteiger partial charge in [-0.1, -0.05) is 54.6 Å². The smallest absolute Gasteiger partial charge is 0.223 e. The first-order chi connectivity index (χ1) is 11.3. The van der Waals surface area contributed by atoms with Crippen molar-refractivity contribution in [2.45, 2.75) is 31.7 Å². The first-order valence-corrected chi connectivity index (χ1v) is 8.28. The Morgan fingerprint density at radius 1 is 1.09 bits per heavy atom. The standard InChI is InChI=1S/C20H23NO2/c22-13-12-21(15-16-6-2-1-3-7-16)20(23)14-18-11-10-17-8-4-5-9-19(17)18/h1-9,18,22H,10-15H2. The van der Waals surface area contributed by atoms with Crippen LogP contribution in [0.3, 0.4) is 0 Å². The molecule has 1 unspecified atom stereocenters. The Balaban J connectivity index is 1.67. The van der Waals surface area contributed by atoms with Crippen molar-refractivity contribution >= 4 is 5.91 Å². The molecule has 1 aliphatic rings. The summed E-state index contributed by atoms with van der Waals surface area (Å²) in [6.07, 6.45) is 2.64. The number of hydrogen-bond donors (Lipinski definition) is 1. The molecule has 2 aromatic rings. The van der Waals surface area contributed by atoms with Crippen molar-refractivity contribution in [2.75, 3.05) is 13.2 Å². The molecule has 0 aliphatic heterocycles. The highest BCUT2D eigenvalue weighted by molar-refractivity contribution is 5.77. The quantitative estimate of drug-likeness (QED) is 0.890. The van der Waals surface area contributed by atoms with Gasteiger partial charge in [0, 0.05) is 19.5 Å². The molecule has 0 heterocycles. The lowest BCUT2D eigenvalue weighted by molar-refractivity contribution is -0.132. The molecule has 1 atom stereocenters. The molecule has 1 amide bonds. The van der Waals surface area contributed by atoms with Crippen LogP contribution in [0.5, 0.6) is 0 Å². The zero-order valence-corrected chi connectivity index (χ0v) is 13.3. The van der Waals surface area contributed by atoms with Gasteiger partial charge in [-0.05, 0) is 35.4 Å². The Hall–Kier alpha value is -2.13. The van der Waals surface area contributed by atoms with E-state index in [1.165, 1.54) is 11.1 Å². The Kier molecular flexibility index (Phi) is 5.09. The molecule has 0 aromatic heterocycles. The average molecular weight is 309 g/mol. The van der Waals surface area contributed by atoms with E-state index in [2.05, 4.69) is 24.3 Å². The van der Waals surface area contributed by atoms with Gasteiger partial charge in [-0.3, -0.25) is 4.79 Å². The summed E-state index contributed by atoms with van der Waals surface area (Å²) < 4.78 is 0. The lowest BCUT2D eigenvalue weighted by Gasteiger charge is -2.24. The number of aliphatic hydroxyl groups is 1. The predicted molar refractivity (Wildman–Crippen MR) is 91.1 cm³/mol. The zero-order valence-electron chi connectivity index (χ0n) is 13.3. The van der Waals surface area contributed by atoms with Gasteiger partial charge < -0.3 is 10.0 Å². The van der Waals surface area contributed by atoms with E-state index in [-0.39, 0.29) is 12.5 Å². The monoisotopic (exact) mass is 309 g/mol. The van der Waals surface area contributed by atoms with Gasteiger partial charge in [0.15, 0.2) is 0 Å². The molecule has 0 fully saturated rings. The number of benzene rings is 2. The minimum Gasteiger partial charge on any atom is -0.395 e. The van der Waals surface area contributed by atoms with Crippen LogP contribution in [-0.2, 0) is 17.8 Å². The van der Waals surface area contributed by atoms with E-state index in [9.17, 15) is 9.90 Å². The number of nitrogens with zero attached hydrogens (tertiary/aromatic N) is 1. The number of aliphatic hydroxyl groups excluding tert-OH is 1. The van der Waals surface area contributed by atoms with Crippen molar-refractivity contribution in [3.05, 3.63) is 71.3 Å². The third-order valence-electron chi connectivity index (χ3n) is 4.62. The highest BCUT2D eigenvalue weighted by Crippen LogP contribution is 2.35. The maximum Gasteiger partial charge on any atom is 0.223 e. The first-order valence-electron chi connectivity index (χ1n) is 8.28. The minimum atomic E-state index is -0.000171. The van der Waals surface area contributed by atoms with Crippen molar-refractivity contribution in [1.82, 2.24) is 4.90 Å². The van der Waals surface area contributed by atoms with Crippen LogP contribution < -0.4 is 0 Å². The molecule has 0 spiro atoms. The number of carbonyl (C=O) groups is 1. The van der Waals surface area contributed by atoms with E-state index in [4.69, 9.17) is 0 Å². The molecule has 1 aliphatic carbocycles. The fraction of sp³-hybridized carbons (Fsp3) is 0.350. The molecule has 0 saturated carbocycles. The molecule has 2 aromatic carbocycles. The molecule has 3 nitrogen and oxygen atoms in total. The van der Waals surface area contributed by atoms with Crippen LogP contribution in [0.1, 0.15) is 35.4 Å². The molecule has 3 rings (SSSR count). The number of aryl methyl sites for hydroxylation is 1. The number of fused-ring (bicyclic) bond motifs is 1. The fourth-order valence-electron chi connectivity index (χ4n) is 3.41. The highest BCUT2D eigenvalue weighted by Gasteiger charge is 2.26. The van der Waals surface area contributed by atoms with Crippen molar-refractivity contribution in [2.24, 2.45) is 0 Å². The van der Waals surface area contributed by atoms with Gasteiger partial charge in [0.25, 0.3) is 0 Å². The molecular formula is C20H23NO2. The van der Waals surface area contributed by atoms with Crippen molar-refractivity contribution in [3.63, 3.8) is 0 Å². The summed E-state index contributed by atoms with van der Waals surface area (Å²) in [5.41, 5.74) is 3.80. The van der Waals surface area contributed by atoms with Crippen LogP contribution in [-0.4, -0.2) is 29.1 Å². The number of rotatable bonds is 6. The lowest BCUT2D eigenvalue weighted by atomic mass is 9.97. The largest absolute Gasteiger partial charge is 0.395 e. The molecular weight excluding hydrogens is 286 g/mol. The lowest BCUT2D eigenvalue weighted by Crippen LogP contribution is -2.33. The summed E-state index contributed by atoms with van der Waals surface area (Å²) >= 11 is 0. The van der Waals surface area contributed by atoms with Gasteiger partial charge in [0.05, 0.1) is 6.61 Å². The Morgan fingerprint density at radius 3 is 2.61 bits per heavy atom. The number of hydrogen-bond acceptors (Lipinski definition) is 2. The molecule has 1 N–H and O–H groups in total. The highest BCUT2D eigenvalue weighted by atomic mass is 16.3. The SMILES string of the molecule is O=C(CC1CCc2ccccc21)N(CCO)Cc1ccccc1. The molecule has 120 valence electrons. The normalized spacial score (nSPS) is 16.1. The number of amides is 1. The second-order valence-corrected chi connectivity index (χ2v) is 6.16. The summed E-state index contributed by atoms with van der Waals surface area (Å²) in [6.45, 7) is 0.955. The van der Waals surface area contributed by atoms with Crippen LogP contribution in [0.2, 0.25) is 0 Å². The zero-order chi connectivity index (χ0) is 16.1. The first kappa shape index (κ1) is 15.8. The summed E-state index contributed by atoms with van der Waals surface area (Å²) in [7, 11) is 0. The van der Waals surface area contributed by atoms with Crippen LogP contribution in [0.25, 0.3) is 0 Å². The van der Waals surface area contributed by atoms with Gasteiger partial charge in [-0.25, -0.2) is 0 Å². The van der Waals surface area contributed by atoms with E-state index in [1.807, 2.05) is 30.3 Å². The maximum atomic E-state index is 12.7. The van der Waals surface area contributed by atoms with E-state index < -0.39 is 0 Å². The minimum absolute atomic E-state index is 0.000171. The van der Waals surface area contributed by atoms with Crippen molar-refractivity contribution in [3.8, 4) is 0 Å². The van der Waals surface area contributed by atoms with E-state index >= 15 is 0 Å². The van der Waals surface area contributed by atoms with Crippen molar-refractivity contribution in [1.29, 1.82) is 0 Å². The summed E-state index contributed by atoms with van der Waals surface area (Å²) in [5.74, 6) is 0.445.